The van der Waals surface area contributed by atoms with Crippen LogP contribution in [0.2, 0.25) is 10.0 Å². The van der Waals surface area contributed by atoms with Gasteiger partial charge in [-0.3, -0.25) is 0 Å². The van der Waals surface area contributed by atoms with Crippen molar-refractivity contribution in [1.29, 1.82) is 0 Å². The number of alkyl halides is 3. The highest BCUT2D eigenvalue weighted by Gasteiger charge is 2.33. The van der Waals surface area contributed by atoms with Crippen LogP contribution in [-0.2, 0) is 17.7 Å². The summed E-state index contributed by atoms with van der Waals surface area (Å²) < 4.78 is 39.8. The molecule has 2 aromatic rings. The van der Waals surface area contributed by atoms with Crippen LogP contribution >= 0.6 is 35.0 Å². The molecule has 0 radical (unpaired) electrons. The van der Waals surface area contributed by atoms with E-state index in [0.717, 1.165) is 40.6 Å². The summed E-state index contributed by atoms with van der Waals surface area (Å²) in [6.07, 6.45) is -4.48. The van der Waals surface area contributed by atoms with Crippen LogP contribution in [-0.4, -0.2) is 9.78 Å². The highest BCUT2D eigenvalue weighted by atomic mass is 35.5. The summed E-state index contributed by atoms with van der Waals surface area (Å²) in [5, 5.41) is 4.29. The largest absolute Gasteiger partial charge is 0.416 e. The number of hydrogen-bond acceptors (Lipinski definition) is 2. The highest BCUT2D eigenvalue weighted by Crippen LogP contribution is 2.39. The van der Waals surface area contributed by atoms with Crippen molar-refractivity contribution in [3.05, 3.63) is 44.7 Å². The predicted molar refractivity (Wildman–Crippen MR) is 78.3 cm³/mol. The van der Waals surface area contributed by atoms with E-state index in [-0.39, 0.29) is 10.0 Å². The molecule has 2 nitrogen and oxygen atoms in total. The third-order valence-electron chi connectivity index (χ3n) is 3.36. The first-order valence-corrected chi connectivity index (χ1v) is 7.92. The van der Waals surface area contributed by atoms with Crippen molar-refractivity contribution in [2.75, 3.05) is 0 Å². The third-order valence-corrected chi connectivity index (χ3v) is 4.91. The number of hydrogen-bond donors (Lipinski definition) is 0. The van der Waals surface area contributed by atoms with E-state index < -0.39 is 11.7 Å². The van der Waals surface area contributed by atoms with Crippen LogP contribution in [0.1, 0.15) is 22.5 Å². The standard InChI is InChI=1S/C13H9Cl2F3N2S/c1-6-8-4-21-5-11(8)19-20(6)12-9(14)2-7(3-10(12)15)13(16,17)18/h2-3H,4-5H2,1H3. The lowest BCUT2D eigenvalue weighted by atomic mass is 10.2. The van der Waals surface area contributed by atoms with Gasteiger partial charge in [0, 0.05) is 22.8 Å². The molecule has 112 valence electrons. The van der Waals surface area contributed by atoms with E-state index >= 15 is 0 Å². The van der Waals surface area contributed by atoms with Crippen molar-refractivity contribution >= 4 is 35.0 Å². The Kier molecular flexibility index (Phi) is 3.66. The Bertz CT molecular complexity index is 702. The summed E-state index contributed by atoms with van der Waals surface area (Å²) >= 11 is 13.8. The van der Waals surface area contributed by atoms with Crippen molar-refractivity contribution in [2.45, 2.75) is 24.6 Å². The molecule has 1 aromatic heterocycles. The lowest BCUT2D eigenvalue weighted by Gasteiger charge is -2.13. The zero-order chi connectivity index (χ0) is 15.4. The number of halogens is 5. The summed E-state index contributed by atoms with van der Waals surface area (Å²) in [6, 6.07) is 1.76. The number of aromatic nitrogens is 2. The van der Waals surface area contributed by atoms with Crippen LogP contribution in [0.15, 0.2) is 12.1 Å². The van der Waals surface area contributed by atoms with E-state index in [2.05, 4.69) is 5.10 Å². The second kappa shape index (κ2) is 5.11. The Morgan fingerprint density at radius 2 is 1.81 bits per heavy atom. The SMILES string of the molecule is Cc1c2c(nn1-c1c(Cl)cc(C(F)(F)F)cc1Cl)CSC2. The first kappa shape index (κ1) is 15.1. The van der Waals surface area contributed by atoms with E-state index in [1.165, 1.54) is 4.68 Å². The monoisotopic (exact) mass is 352 g/mol. The zero-order valence-electron chi connectivity index (χ0n) is 10.8. The fourth-order valence-electron chi connectivity index (χ4n) is 2.30. The van der Waals surface area contributed by atoms with Gasteiger partial charge in [-0.25, -0.2) is 4.68 Å². The smallest absolute Gasteiger partial charge is 0.234 e. The van der Waals surface area contributed by atoms with Crippen molar-refractivity contribution in [2.24, 2.45) is 0 Å². The molecule has 0 fully saturated rings. The molecule has 0 spiro atoms. The topological polar surface area (TPSA) is 17.8 Å². The molecule has 0 saturated carbocycles. The highest BCUT2D eigenvalue weighted by molar-refractivity contribution is 7.98. The third kappa shape index (κ3) is 2.53. The maximum absolute atomic E-state index is 12.8. The lowest BCUT2D eigenvalue weighted by molar-refractivity contribution is -0.137. The molecule has 1 aromatic carbocycles. The van der Waals surface area contributed by atoms with E-state index in [1.54, 1.807) is 11.8 Å². The van der Waals surface area contributed by atoms with Gasteiger partial charge in [0.25, 0.3) is 0 Å². The fourth-order valence-corrected chi connectivity index (χ4v) is 4.05. The first-order valence-electron chi connectivity index (χ1n) is 6.00. The molecule has 0 amide bonds. The number of benzene rings is 1. The van der Waals surface area contributed by atoms with Gasteiger partial charge >= 0.3 is 6.18 Å². The Hall–Kier alpha value is -0.850. The van der Waals surface area contributed by atoms with Gasteiger partial charge in [-0.15, -0.1) is 0 Å². The zero-order valence-corrected chi connectivity index (χ0v) is 13.1. The van der Waals surface area contributed by atoms with Crippen LogP contribution in [0.4, 0.5) is 13.2 Å². The maximum atomic E-state index is 12.8. The van der Waals surface area contributed by atoms with Gasteiger partial charge in [0.2, 0.25) is 0 Å². The molecule has 0 aliphatic carbocycles. The molecule has 0 unspecified atom stereocenters. The molecular weight excluding hydrogens is 344 g/mol. The minimum absolute atomic E-state index is 0.0632. The number of fused-ring (bicyclic) bond motifs is 1. The van der Waals surface area contributed by atoms with E-state index in [4.69, 9.17) is 23.2 Å². The second-order valence-corrected chi connectivity index (χ2v) is 6.50. The Labute approximate surface area is 133 Å². The number of nitrogens with zero attached hydrogens (tertiary/aromatic N) is 2. The molecule has 21 heavy (non-hydrogen) atoms. The number of thioether (sulfide) groups is 1. The van der Waals surface area contributed by atoms with Crippen LogP contribution in [0, 0.1) is 6.92 Å². The van der Waals surface area contributed by atoms with Gasteiger partial charge in [-0.05, 0) is 19.1 Å². The van der Waals surface area contributed by atoms with Gasteiger partial charge in [0.1, 0.15) is 5.69 Å². The van der Waals surface area contributed by atoms with Gasteiger partial charge in [-0.1, -0.05) is 23.2 Å². The molecule has 0 N–H and O–H groups in total. The van der Waals surface area contributed by atoms with E-state index in [9.17, 15) is 13.2 Å². The number of rotatable bonds is 1. The summed E-state index contributed by atoms with van der Waals surface area (Å²) in [4.78, 5) is 0. The lowest BCUT2D eigenvalue weighted by Crippen LogP contribution is -2.08. The average Bonchev–Trinajstić information content (AvgIpc) is 2.92. The fraction of sp³-hybridized carbons (Fsp3) is 0.308. The van der Waals surface area contributed by atoms with Gasteiger partial charge < -0.3 is 0 Å². The van der Waals surface area contributed by atoms with E-state index in [1.807, 2.05) is 6.92 Å². The molecular formula is C13H9Cl2F3N2S. The minimum Gasteiger partial charge on any atom is -0.234 e. The Morgan fingerprint density at radius 3 is 2.33 bits per heavy atom. The molecule has 2 heterocycles. The molecule has 1 aliphatic rings. The molecule has 8 heteroatoms. The van der Waals surface area contributed by atoms with Crippen molar-refractivity contribution in [3.63, 3.8) is 0 Å². The normalized spacial score (nSPS) is 14.6. The van der Waals surface area contributed by atoms with Gasteiger partial charge in [0.15, 0.2) is 0 Å². The quantitative estimate of drug-likeness (QED) is 0.697. The van der Waals surface area contributed by atoms with Crippen LogP contribution in [0.3, 0.4) is 0 Å². The van der Waals surface area contributed by atoms with E-state index in [0.29, 0.717) is 5.69 Å². The average molecular weight is 353 g/mol. The molecule has 3 rings (SSSR count). The summed E-state index contributed by atoms with van der Waals surface area (Å²) in [7, 11) is 0. The van der Waals surface area contributed by atoms with Crippen LogP contribution < -0.4 is 0 Å². The predicted octanol–water partition coefficient (Wildman–Crippen LogP) is 5.25. The Balaban J connectivity index is 2.16. The second-order valence-electron chi connectivity index (χ2n) is 4.70. The van der Waals surface area contributed by atoms with Crippen molar-refractivity contribution in [1.82, 2.24) is 9.78 Å². The Morgan fingerprint density at radius 1 is 1.19 bits per heavy atom. The molecule has 0 bridgehead atoms. The first-order chi connectivity index (χ1) is 9.79. The van der Waals surface area contributed by atoms with Crippen molar-refractivity contribution in [3.8, 4) is 5.69 Å². The molecule has 1 aliphatic heterocycles. The maximum Gasteiger partial charge on any atom is 0.416 e. The minimum atomic E-state index is -4.48. The van der Waals surface area contributed by atoms with Gasteiger partial charge in [0.05, 0.1) is 21.3 Å². The summed E-state index contributed by atoms with van der Waals surface area (Å²) in [5.74, 6) is 1.64. The summed E-state index contributed by atoms with van der Waals surface area (Å²) in [6.45, 7) is 1.86. The molecule has 0 atom stereocenters. The molecule has 0 saturated heterocycles. The van der Waals surface area contributed by atoms with Crippen LogP contribution in [0.25, 0.3) is 5.69 Å². The summed E-state index contributed by atoms with van der Waals surface area (Å²) in [5.41, 5.74) is 2.33. The van der Waals surface area contributed by atoms with Crippen molar-refractivity contribution < 1.29 is 13.2 Å². The van der Waals surface area contributed by atoms with Gasteiger partial charge in [-0.2, -0.15) is 30.0 Å². The van der Waals surface area contributed by atoms with Crippen LogP contribution in [0.5, 0.6) is 0 Å².